The van der Waals surface area contributed by atoms with Gasteiger partial charge < -0.3 is 0 Å². The topological polar surface area (TPSA) is 53.2 Å². The molecule has 0 rings (SSSR count). The van der Waals surface area contributed by atoms with Crippen LogP contribution >= 0.6 is 7.59 Å². The highest BCUT2D eigenvalue weighted by molar-refractivity contribution is 7.57. The highest BCUT2D eigenvalue weighted by atomic mass is 31.2. The lowest BCUT2D eigenvalue weighted by atomic mass is 10.8. The van der Waals surface area contributed by atoms with Crippen LogP contribution in [0.4, 0.5) is 0 Å². The highest BCUT2D eigenvalue weighted by Gasteiger charge is 2.14. The van der Waals surface area contributed by atoms with Crippen molar-refractivity contribution in [2.75, 3.05) is 20.1 Å². The normalized spacial score (nSPS) is 11.9. The molecule has 0 radical (unpaired) electrons. The molecule has 62 valence electrons. The molecule has 0 amide bonds. The third kappa shape index (κ3) is 3.32. The maximum absolute atomic E-state index is 11.4. The van der Waals surface area contributed by atoms with E-state index < -0.39 is 7.59 Å². The zero-order valence-electron chi connectivity index (χ0n) is 6.77. The molecule has 3 N–H and O–H groups in total. The van der Waals surface area contributed by atoms with E-state index in [9.17, 15) is 4.57 Å². The average Bonchev–Trinajstić information content (AvgIpc) is 1.89. The van der Waals surface area contributed by atoms with Crippen molar-refractivity contribution in [3.05, 3.63) is 0 Å². The van der Waals surface area contributed by atoms with Gasteiger partial charge >= 0.3 is 0 Å². The van der Waals surface area contributed by atoms with Crippen molar-refractivity contribution >= 4 is 7.59 Å². The molecule has 0 aromatic heterocycles. The fourth-order valence-electron chi connectivity index (χ4n) is 0.659. The molecule has 10 heavy (non-hydrogen) atoms. The van der Waals surface area contributed by atoms with E-state index in [1.54, 1.807) is 7.05 Å². The molecule has 0 aliphatic rings. The minimum atomic E-state index is -2.45. The van der Waals surface area contributed by atoms with Gasteiger partial charge in [-0.05, 0) is 7.05 Å². The van der Waals surface area contributed by atoms with Crippen molar-refractivity contribution in [1.29, 1.82) is 0 Å². The van der Waals surface area contributed by atoms with E-state index in [-0.39, 0.29) is 0 Å². The largest absolute Gasteiger partial charge is 0.278 e. The molecule has 0 unspecified atom stereocenters. The van der Waals surface area contributed by atoms with E-state index in [4.69, 9.17) is 0 Å². The molecule has 0 fully saturated rings. The van der Waals surface area contributed by atoms with Gasteiger partial charge in [-0.3, -0.25) is 4.57 Å². The Bertz CT molecular complexity index is 118. The third-order valence-electron chi connectivity index (χ3n) is 1.08. The maximum atomic E-state index is 11.4. The van der Waals surface area contributed by atoms with Gasteiger partial charge in [0.25, 0.3) is 7.59 Å². The van der Waals surface area contributed by atoms with Crippen molar-refractivity contribution in [2.45, 2.75) is 13.8 Å². The van der Waals surface area contributed by atoms with Crippen LogP contribution in [0.15, 0.2) is 0 Å². The average molecular weight is 165 g/mol. The minimum Gasteiger partial charge on any atom is -0.271 e. The molecule has 0 aromatic carbocycles. The molecule has 0 bridgehead atoms. The van der Waals surface area contributed by atoms with Gasteiger partial charge in [-0.25, -0.2) is 15.3 Å². The molecular formula is C5H16N3OP. The van der Waals surface area contributed by atoms with Crippen LogP contribution in [-0.2, 0) is 4.57 Å². The standard InChI is InChI=1S/C5H16N3OP/c1-4-7-10(9,6-3)8-5-2/h4-5H2,1-3H3,(H3,6,7,8,9). The van der Waals surface area contributed by atoms with Gasteiger partial charge in [0.05, 0.1) is 0 Å². The Morgan fingerprint density at radius 1 is 1.20 bits per heavy atom. The molecule has 5 heteroatoms. The summed E-state index contributed by atoms with van der Waals surface area (Å²) in [6.07, 6.45) is 0. The first kappa shape index (κ1) is 10.1. The molecule has 4 nitrogen and oxygen atoms in total. The zero-order valence-corrected chi connectivity index (χ0v) is 7.66. The molecule has 0 saturated carbocycles. The van der Waals surface area contributed by atoms with Crippen LogP contribution in [-0.4, -0.2) is 20.1 Å². The van der Waals surface area contributed by atoms with Crippen LogP contribution in [0.3, 0.4) is 0 Å². The SMILES string of the molecule is CCNP(=O)(NC)NCC. The molecule has 0 heterocycles. The Hall–Kier alpha value is 0.110. The summed E-state index contributed by atoms with van der Waals surface area (Å²) in [5.41, 5.74) is 0. The molecule has 0 atom stereocenters. The van der Waals surface area contributed by atoms with E-state index in [0.29, 0.717) is 13.1 Å². The van der Waals surface area contributed by atoms with Gasteiger partial charge in [0.2, 0.25) is 0 Å². The van der Waals surface area contributed by atoms with E-state index >= 15 is 0 Å². The molecule has 0 aromatic rings. The lowest BCUT2D eigenvalue weighted by Gasteiger charge is -2.17. The summed E-state index contributed by atoms with van der Waals surface area (Å²) in [5, 5.41) is 8.40. The summed E-state index contributed by atoms with van der Waals surface area (Å²) in [7, 11) is -0.778. The number of hydrogen-bond donors (Lipinski definition) is 3. The smallest absolute Gasteiger partial charge is 0.271 e. The Morgan fingerprint density at radius 2 is 1.60 bits per heavy atom. The summed E-state index contributed by atoms with van der Waals surface area (Å²) >= 11 is 0. The summed E-state index contributed by atoms with van der Waals surface area (Å²) in [6.45, 7) is 5.24. The summed E-state index contributed by atoms with van der Waals surface area (Å²) in [4.78, 5) is 0. The van der Waals surface area contributed by atoms with Crippen LogP contribution in [0.5, 0.6) is 0 Å². The molecule has 0 saturated heterocycles. The number of nitrogens with one attached hydrogen (secondary N) is 3. The van der Waals surface area contributed by atoms with Gasteiger partial charge in [0.15, 0.2) is 0 Å². The number of hydrogen-bond acceptors (Lipinski definition) is 1. The predicted molar refractivity (Wildman–Crippen MR) is 44.0 cm³/mol. The molecule has 0 aliphatic carbocycles. The summed E-state index contributed by atoms with van der Waals surface area (Å²) in [5.74, 6) is 0. The monoisotopic (exact) mass is 165 g/mol. The summed E-state index contributed by atoms with van der Waals surface area (Å²) < 4.78 is 11.4. The van der Waals surface area contributed by atoms with Crippen molar-refractivity contribution in [2.24, 2.45) is 0 Å². The van der Waals surface area contributed by atoms with Gasteiger partial charge in [-0.2, -0.15) is 0 Å². The van der Waals surface area contributed by atoms with Gasteiger partial charge in [0.1, 0.15) is 0 Å². The first-order valence-electron chi connectivity index (χ1n) is 3.47. The lowest BCUT2D eigenvalue weighted by molar-refractivity contribution is 0.548. The lowest BCUT2D eigenvalue weighted by Crippen LogP contribution is -2.29. The van der Waals surface area contributed by atoms with Crippen molar-refractivity contribution in [1.82, 2.24) is 15.3 Å². The van der Waals surface area contributed by atoms with Gasteiger partial charge in [-0.1, -0.05) is 13.8 Å². The molecular weight excluding hydrogens is 149 g/mol. The van der Waals surface area contributed by atoms with E-state index in [1.807, 2.05) is 13.8 Å². The fraction of sp³-hybridized carbons (Fsp3) is 1.00. The van der Waals surface area contributed by atoms with Gasteiger partial charge in [-0.15, -0.1) is 0 Å². The van der Waals surface area contributed by atoms with Crippen LogP contribution in [0.1, 0.15) is 13.8 Å². The van der Waals surface area contributed by atoms with Crippen molar-refractivity contribution < 1.29 is 4.57 Å². The molecule has 0 spiro atoms. The zero-order chi connectivity index (χ0) is 8.04. The summed E-state index contributed by atoms with van der Waals surface area (Å²) in [6, 6.07) is 0. The van der Waals surface area contributed by atoms with E-state index in [0.717, 1.165) is 0 Å². The molecule has 0 aliphatic heterocycles. The van der Waals surface area contributed by atoms with Gasteiger partial charge in [0, 0.05) is 13.1 Å². The third-order valence-corrected chi connectivity index (χ3v) is 3.23. The Balaban J connectivity index is 3.83. The Kier molecular flexibility index (Phi) is 4.91. The minimum absolute atomic E-state index is 0.700. The number of rotatable bonds is 5. The quantitative estimate of drug-likeness (QED) is 0.520. The first-order valence-corrected chi connectivity index (χ1v) is 5.18. The van der Waals surface area contributed by atoms with E-state index in [1.165, 1.54) is 0 Å². The second kappa shape index (κ2) is 4.85. The highest BCUT2D eigenvalue weighted by Crippen LogP contribution is 2.27. The van der Waals surface area contributed by atoms with Crippen LogP contribution in [0.25, 0.3) is 0 Å². The second-order valence-corrected chi connectivity index (χ2v) is 4.15. The van der Waals surface area contributed by atoms with Crippen LogP contribution in [0.2, 0.25) is 0 Å². The van der Waals surface area contributed by atoms with Crippen LogP contribution < -0.4 is 15.3 Å². The fourth-order valence-corrected chi connectivity index (χ4v) is 1.98. The van der Waals surface area contributed by atoms with E-state index in [2.05, 4.69) is 15.3 Å². The van der Waals surface area contributed by atoms with Crippen molar-refractivity contribution in [3.8, 4) is 0 Å². The second-order valence-electron chi connectivity index (χ2n) is 1.86. The van der Waals surface area contributed by atoms with Crippen LogP contribution in [0, 0.1) is 0 Å². The Morgan fingerprint density at radius 3 is 1.80 bits per heavy atom. The predicted octanol–water partition coefficient (Wildman–Crippen LogP) is 0.533. The maximum Gasteiger partial charge on any atom is 0.278 e. The van der Waals surface area contributed by atoms with Crippen molar-refractivity contribution in [3.63, 3.8) is 0 Å². The first-order chi connectivity index (χ1) is 4.68. The Labute approximate surface area is 62.3 Å².